The topological polar surface area (TPSA) is 81.8 Å². The van der Waals surface area contributed by atoms with Crippen LogP contribution in [0.4, 0.5) is 28.0 Å². The molecule has 0 radical (unpaired) electrons. The van der Waals surface area contributed by atoms with E-state index in [1.807, 2.05) is 7.05 Å². The minimum absolute atomic E-state index is 0.00867. The van der Waals surface area contributed by atoms with Gasteiger partial charge in [0.2, 0.25) is 0 Å². The van der Waals surface area contributed by atoms with E-state index in [-0.39, 0.29) is 48.3 Å². The third kappa shape index (κ3) is 4.63. The summed E-state index contributed by atoms with van der Waals surface area (Å²) in [5.41, 5.74) is 5.47. The van der Waals surface area contributed by atoms with Crippen LogP contribution in [0.5, 0.6) is 0 Å². The molecule has 200 valence electrons. The normalized spacial score (nSPS) is 23.4. The molecule has 2 amide bonds. The maximum Gasteiger partial charge on any atom is 0.321 e. The number of rotatable bonds is 4. The Morgan fingerprint density at radius 3 is 2.13 bits per heavy atom. The van der Waals surface area contributed by atoms with Crippen LogP contribution in [-0.2, 0) is 12.1 Å². The zero-order valence-electron chi connectivity index (χ0n) is 20.7. The van der Waals surface area contributed by atoms with E-state index in [0.29, 0.717) is 24.2 Å². The fraction of sp³-hybridized carbons (Fsp3) is 0.321. The van der Waals surface area contributed by atoms with Crippen molar-refractivity contribution in [3.05, 3.63) is 89.0 Å². The van der Waals surface area contributed by atoms with Crippen molar-refractivity contribution in [3.8, 4) is 11.1 Å². The van der Waals surface area contributed by atoms with Crippen LogP contribution in [0.1, 0.15) is 11.1 Å². The number of urea groups is 1. The predicted molar refractivity (Wildman–Crippen MR) is 135 cm³/mol. The molecule has 0 saturated carbocycles. The summed E-state index contributed by atoms with van der Waals surface area (Å²) in [6, 6.07) is 11.9. The lowest BCUT2D eigenvalue weighted by Gasteiger charge is -2.55. The van der Waals surface area contributed by atoms with Crippen molar-refractivity contribution in [2.45, 2.75) is 12.1 Å². The Morgan fingerprint density at radius 2 is 1.55 bits per heavy atom. The van der Waals surface area contributed by atoms with Crippen molar-refractivity contribution in [1.29, 1.82) is 0 Å². The van der Waals surface area contributed by atoms with Crippen LogP contribution in [0.3, 0.4) is 0 Å². The van der Waals surface area contributed by atoms with E-state index in [1.165, 1.54) is 12.1 Å². The fourth-order valence-corrected chi connectivity index (χ4v) is 5.79. The van der Waals surface area contributed by atoms with Gasteiger partial charge in [-0.05, 0) is 30.3 Å². The molecule has 0 aliphatic carbocycles. The van der Waals surface area contributed by atoms with E-state index in [1.54, 1.807) is 29.2 Å². The van der Waals surface area contributed by atoms with Crippen LogP contribution in [-0.4, -0.2) is 54.2 Å². The number of likely N-dealkylation sites (tertiary alicyclic amines) is 2. The number of hydrogen-bond acceptors (Lipinski definition) is 4. The van der Waals surface area contributed by atoms with Crippen LogP contribution >= 0.6 is 0 Å². The van der Waals surface area contributed by atoms with Crippen LogP contribution < -0.4 is 11.1 Å². The summed E-state index contributed by atoms with van der Waals surface area (Å²) in [5.74, 6) is -4.27. The second-order valence-corrected chi connectivity index (χ2v) is 10.1. The third-order valence-electron chi connectivity index (χ3n) is 7.63. The van der Waals surface area contributed by atoms with Gasteiger partial charge >= 0.3 is 6.03 Å². The van der Waals surface area contributed by atoms with Crippen molar-refractivity contribution in [2.75, 3.05) is 38.5 Å². The number of carbonyl (C=O) groups excluding carboxylic acids is 1. The van der Waals surface area contributed by atoms with Crippen LogP contribution in [0.2, 0.25) is 0 Å². The molecule has 2 bridgehead atoms. The summed E-state index contributed by atoms with van der Waals surface area (Å²) in [7, 11) is 1.94. The van der Waals surface area contributed by atoms with Crippen molar-refractivity contribution < 1.29 is 27.5 Å². The van der Waals surface area contributed by atoms with E-state index in [0.717, 1.165) is 18.2 Å². The summed E-state index contributed by atoms with van der Waals surface area (Å²) in [4.78, 5) is 16.6. The van der Waals surface area contributed by atoms with Gasteiger partial charge in [0.05, 0.1) is 0 Å². The molecule has 5 rings (SSSR count). The smallest absolute Gasteiger partial charge is 0.321 e. The zero-order chi connectivity index (χ0) is 27.2. The predicted octanol–water partition coefficient (Wildman–Crippen LogP) is 4.28. The van der Waals surface area contributed by atoms with Gasteiger partial charge in [-0.2, -0.15) is 0 Å². The number of anilines is 1. The second kappa shape index (κ2) is 10.0. The first-order chi connectivity index (χ1) is 18.1. The molecule has 2 aliphatic rings. The first-order valence-corrected chi connectivity index (χ1v) is 12.3. The molecule has 2 aliphatic heterocycles. The first-order valence-electron chi connectivity index (χ1n) is 12.3. The number of benzene rings is 3. The zero-order valence-corrected chi connectivity index (χ0v) is 20.7. The molecule has 4 N–H and O–H groups in total. The summed E-state index contributed by atoms with van der Waals surface area (Å²) < 4.78 is 56.1. The highest BCUT2D eigenvalue weighted by Gasteiger charge is 2.53. The Morgan fingerprint density at radius 1 is 0.947 bits per heavy atom. The van der Waals surface area contributed by atoms with Crippen molar-refractivity contribution in [2.24, 2.45) is 17.6 Å². The summed E-state index contributed by atoms with van der Waals surface area (Å²) >= 11 is 0. The third-order valence-corrected chi connectivity index (χ3v) is 7.63. The molecule has 0 aromatic heterocycles. The molecule has 2 saturated heterocycles. The van der Waals surface area contributed by atoms with Gasteiger partial charge in [-0.1, -0.05) is 36.4 Å². The highest BCUT2D eigenvalue weighted by molar-refractivity contribution is 5.89. The number of nitrogens with zero attached hydrogens (tertiary/aromatic N) is 2. The molecular weight excluding hydrogens is 500 g/mol. The number of aliphatic hydroxyl groups is 1. The highest BCUT2D eigenvalue weighted by atomic mass is 19.2. The molecule has 3 atom stereocenters. The molecule has 2 fully saturated rings. The van der Waals surface area contributed by atoms with Crippen LogP contribution in [0, 0.1) is 35.1 Å². The van der Waals surface area contributed by atoms with Crippen LogP contribution in [0.15, 0.2) is 54.6 Å². The average Bonchev–Trinajstić information content (AvgIpc) is 2.86. The lowest BCUT2D eigenvalue weighted by atomic mass is 9.66. The maximum atomic E-state index is 14.6. The molecule has 10 heteroatoms. The maximum absolute atomic E-state index is 14.6. The first kappa shape index (κ1) is 26.1. The minimum atomic E-state index is -1.26. The standard InChI is InChI=1S/C28H28F4N4O2/c1-35-12-19-14-36(27(37)34-23-9-21(29)8-22(30)10-23)15-20(13-35)28(19,38)18-5-2-16(3-6-18)24-7-4-17(11-33)25(31)26(24)32/h2-10,19-20,38H,11-15,33H2,1H3,(H,34,37)/t19-,20+,28+. The minimum Gasteiger partial charge on any atom is -0.384 e. The molecule has 0 unspecified atom stereocenters. The van der Waals surface area contributed by atoms with Gasteiger partial charge in [0.25, 0.3) is 0 Å². The van der Waals surface area contributed by atoms with Gasteiger partial charge < -0.3 is 26.0 Å². The van der Waals surface area contributed by atoms with Crippen molar-refractivity contribution in [3.63, 3.8) is 0 Å². The summed E-state index contributed by atoms with van der Waals surface area (Å²) in [6.07, 6.45) is 0. The number of carbonyl (C=O) groups is 1. The number of piperidine rings is 2. The van der Waals surface area contributed by atoms with Crippen molar-refractivity contribution in [1.82, 2.24) is 9.80 Å². The van der Waals surface area contributed by atoms with Crippen LogP contribution in [0.25, 0.3) is 11.1 Å². The highest BCUT2D eigenvalue weighted by Crippen LogP contribution is 2.45. The Labute approximate surface area is 217 Å². The Kier molecular flexibility index (Phi) is 6.89. The van der Waals surface area contributed by atoms with E-state index >= 15 is 0 Å². The number of hydrogen-bond donors (Lipinski definition) is 3. The van der Waals surface area contributed by atoms with E-state index in [2.05, 4.69) is 10.2 Å². The summed E-state index contributed by atoms with van der Waals surface area (Å²) in [6.45, 7) is 1.33. The largest absolute Gasteiger partial charge is 0.384 e. The Bertz CT molecular complexity index is 1330. The number of nitrogens with two attached hydrogens (primary N) is 1. The van der Waals surface area contributed by atoms with Gasteiger partial charge in [0.1, 0.15) is 17.2 Å². The molecule has 3 aromatic rings. The molecule has 3 aromatic carbocycles. The van der Waals surface area contributed by atoms with Gasteiger partial charge in [0, 0.05) is 67.4 Å². The lowest BCUT2D eigenvalue weighted by Crippen LogP contribution is -2.65. The molecule has 38 heavy (non-hydrogen) atoms. The average molecular weight is 529 g/mol. The van der Waals surface area contributed by atoms with Gasteiger partial charge in [-0.3, -0.25) is 0 Å². The number of nitrogens with one attached hydrogen (secondary N) is 1. The van der Waals surface area contributed by atoms with E-state index < -0.39 is 34.9 Å². The molecule has 2 heterocycles. The SMILES string of the molecule is CN1C[C@@H]2CN(C(=O)Nc3cc(F)cc(F)c3)C[C@H](C1)[C@]2(O)c1ccc(-c2ccc(CN)c(F)c2F)cc1. The number of fused-ring (bicyclic) bond motifs is 2. The van der Waals surface area contributed by atoms with Crippen molar-refractivity contribution >= 4 is 11.7 Å². The molecular formula is C28H28F4N4O2. The van der Waals surface area contributed by atoms with E-state index in [4.69, 9.17) is 5.73 Å². The lowest BCUT2D eigenvalue weighted by molar-refractivity contribution is -0.153. The van der Waals surface area contributed by atoms with Gasteiger partial charge in [-0.15, -0.1) is 0 Å². The van der Waals surface area contributed by atoms with Gasteiger partial charge in [-0.25, -0.2) is 22.4 Å². The second-order valence-electron chi connectivity index (χ2n) is 10.1. The van der Waals surface area contributed by atoms with E-state index in [9.17, 15) is 27.5 Å². The monoisotopic (exact) mass is 528 g/mol. The molecule has 0 spiro atoms. The quantitative estimate of drug-likeness (QED) is 0.442. The Hall–Kier alpha value is -3.47. The number of halogens is 4. The number of amides is 2. The summed E-state index contributed by atoms with van der Waals surface area (Å²) in [5, 5.41) is 14.5. The van der Waals surface area contributed by atoms with Gasteiger partial charge in [0.15, 0.2) is 11.6 Å². The fourth-order valence-electron chi connectivity index (χ4n) is 5.79. The molecule has 6 nitrogen and oxygen atoms in total. The Balaban J connectivity index is 1.39.